The summed E-state index contributed by atoms with van der Waals surface area (Å²) >= 11 is 5.85. The fourth-order valence-corrected chi connectivity index (χ4v) is 12.3. The summed E-state index contributed by atoms with van der Waals surface area (Å²) in [6.07, 6.45) is 0.999. The monoisotopic (exact) mass is 1030 g/mol. The Labute approximate surface area is 430 Å². The largest absolute Gasteiger partial charge is 0.481 e. The highest BCUT2D eigenvalue weighted by atomic mass is 32.2. The molecule has 4 amide bonds. The maximum atomic E-state index is 13.7. The van der Waals surface area contributed by atoms with Gasteiger partial charge in [0.25, 0.3) is 23.6 Å². The van der Waals surface area contributed by atoms with Gasteiger partial charge < -0.3 is 40.2 Å². The molecule has 0 radical (unpaired) electrons. The van der Waals surface area contributed by atoms with Crippen molar-refractivity contribution in [3.05, 3.63) is 70.8 Å². The maximum absolute atomic E-state index is 13.7. The molecule has 0 saturated heterocycles. The van der Waals surface area contributed by atoms with E-state index in [9.17, 15) is 19.2 Å². The summed E-state index contributed by atoms with van der Waals surface area (Å²) in [6, 6.07) is 17.0. The zero-order valence-electron chi connectivity index (χ0n) is 42.6. The van der Waals surface area contributed by atoms with Gasteiger partial charge in [-0.2, -0.15) is 0 Å². The molecule has 4 N–H and O–H groups in total. The molecular formula is C54H68N4O8S4. The summed E-state index contributed by atoms with van der Waals surface area (Å²) in [6.45, 7) is 26.1. The third kappa shape index (κ3) is 13.4. The van der Waals surface area contributed by atoms with E-state index in [0.717, 1.165) is 61.4 Å². The van der Waals surface area contributed by atoms with E-state index in [0.29, 0.717) is 62.0 Å². The fourth-order valence-electron chi connectivity index (χ4n) is 7.53. The molecule has 0 aromatic heterocycles. The maximum Gasteiger partial charge on any atom is 0.257 e. The van der Waals surface area contributed by atoms with Gasteiger partial charge in [-0.25, -0.2) is 0 Å². The van der Waals surface area contributed by atoms with Crippen molar-refractivity contribution in [3.8, 4) is 23.0 Å². The van der Waals surface area contributed by atoms with Crippen molar-refractivity contribution in [2.45, 2.75) is 157 Å². The number of hydrogen-bond donors (Lipinski definition) is 4. The van der Waals surface area contributed by atoms with Crippen molar-refractivity contribution in [1.82, 2.24) is 21.3 Å². The number of rotatable bonds is 0. The van der Waals surface area contributed by atoms with Gasteiger partial charge in [0.1, 0.15) is 23.0 Å². The van der Waals surface area contributed by atoms with Crippen molar-refractivity contribution in [1.29, 1.82) is 0 Å². The number of carbonyl (C=O) groups excluding carboxylic acids is 4. The average Bonchev–Trinajstić information content (AvgIpc) is 3.25. The van der Waals surface area contributed by atoms with Gasteiger partial charge in [-0.15, -0.1) is 0 Å². The smallest absolute Gasteiger partial charge is 0.257 e. The highest BCUT2D eigenvalue weighted by Gasteiger charge is 2.31. The molecule has 12 bridgehead atoms. The summed E-state index contributed by atoms with van der Waals surface area (Å²) in [4.78, 5) is 60.5. The van der Waals surface area contributed by atoms with Crippen LogP contribution in [0.3, 0.4) is 0 Å². The topological polar surface area (TPSA) is 153 Å². The van der Waals surface area contributed by atoms with Gasteiger partial charge in [0, 0.05) is 26.2 Å². The third-order valence-electron chi connectivity index (χ3n) is 11.8. The van der Waals surface area contributed by atoms with E-state index >= 15 is 0 Å². The van der Waals surface area contributed by atoms with Crippen molar-refractivity contribution in [2.75, 3.05) is 52.6 Å². The highest BCUT2D eigenvalue weighted by molar-refractivity contribution is 8.01. The predicted molar refractivity (Wildman–Crippen MR) is 280 cm³/mol. The van der Waals surface area contributed by atoms with Crippen LogP contribution in [0.15, 0.2) is 87.7 Å². The molecule has 3 aliphatic rings. The minimum Gasteiger partial charge on any atom is -0.481 e. The summed E-state index contributed by atoms with van der Waals surface area (Å²) in [5, 5.41) is 11.9. The van der Waals surface area contributed by atoms with Crippen molar-refractivity contribution >= 4 is 70.7 Å². The minimum atomic E-state index is -0.337. The van der Waals surface area contributed by atoms with Gasteiger partial charge in [-0.3, -0.25) is 19.2 Å². The molecule has 3 aliphatic heterocycles. The number of nitrogens with one attached hydrogen (secondary N) is 4. The quantitative estimate of drug-likeness (QED) is 0.117. The molecule has 70 heavy (non-hydrogen) atoms. The van der Waals surface area contributed by atoms with Crippen LogP contribution >= 0.6 is 47.0 Å². The van der Waals surface area contributed by atoms with Crippen molar-refractivity contribution in [2.24, 2.45) is 0 Å². The Morgan fingerprint density at radius 3 is 0.657 bits per heavy atom. The normalized spacial score (nSPS) is 17.1. The second kappa shape index (κ2) is 21.6. The van der Waals surface area contributed by atoms with Crippen LogP contribution in [0, 0.1) is 0 Å². The van der Waals surface area contributed by atoms with Gasteiger partial charge in [-0.1, -0.05) is 130 Å². The summed E-state index contributed by atoms with van der Waals surface area (Å²) in [7, 11) is 0. The van der Waals surface area contributed by atoms with Crippen LogP contribution in [0.2, 0.25) is 0 Å². The predicted octanol–water partition coefficient (Wildman–Crippen LogP) is 10.6. The fraction of sp³-hybridized carbons (Fsp3) is 0.481. The lowest BCUT2D eigenvalue weighted by atomic mass is 9.87. The number of benzene rings is 4. The first kappa shape index (κ1) is 53.2. The van der Waals surface area contributed by atoms with Crippen LogP contribution in [-0.2, 0) is 40.8 Å². The minimum absolute atomic E-state index is 0.289. The van der Waals surface area contributed by atoms with Crippen LogP contribution in [-0.4, -0.2) is 76.2 Å². The molecule has 4 aromatic rings. The lowest BCUT2D eigenvalue weighted by molar-refractivity contribution is -0.124. The van der Waals surface area contributed by atoms with Crippen LogP contribution in [0.1, 0.15) is 118 Å². The van der Waals surface area contributed by atoms with Gasteiger partial charge in [0.05, 0.1) is 39.2 Å². The number of hydrogen-bond acceptors (Lipinski definition) is 12. The van der Waals surface area contributed by atoms with Gasteiger partial charge in [0.15, 0.2) is 26.4 Å². The second-order valence-corrected chi connectivity index (χ2v) is 26.2. The Morgan fingerprint density at radius 2 is 0.500 bits per heavy atom. The van der Waals surface area contributed by atoms with E-state index in [4.69, 9.17) is 18.9 Å². The van der Waals surface area contributed by atoms with E-state index in [1.165, 1.54) is 47.0 Å². The molecule has 0 atom stereocenters. The molecule has 7 rings (SSSR count). The van der Waals surface area contributed by atoms with Gasteiger partial charge in [0.2, 0.25) is 0 Å². The van der Waals surface area contributed by atoms with Crippen molar-refractivity contribution < 1.29 is 38.1 Å². The first-order valence-electron chi connectivity index (χ1n) is 23.9. The lowest BCUT2D eigenvalue weighted by Crippen LogP contribution is -2.34. The molecule has 0 spiro atoms. The lowest BCUT2D eigenvalue weighted by Gasteiger charge is -2.28. The Hall–Kier alpha value is -4.64. The first-order valence-corrected chi connectivity index (χ1v) is 27.1. The Balaban J connectivity index is 1.68. The number of amides is 4. The molecule has 0 aliphatic carbocycles. The molecule has 0 saturated carbocycles. The van der Waals surface area contributed by atoms with Crippen LogP contribution in [0.5, 0.6) is 23.0 Å². The number of carbonyl (C=O) groups is 4. The summed E-state index contributed by atoms with van der Waals surface area (Å²) < 4.78 is 27.0. The Morgan fingerprint density at radius 1 is 0.329 bits per heavy atom. The molecule has 3 heterocycles. The third-order valence-corrected chi connectivity index (χ3v) is 16.0. The van der Waals surface area contributed by atoms with E-state index in [2.05, 4.69) is 153 Å². The zero-order valence-corrected chi connectivity index (χ0v) is 45.9. The Kier molecular flexibility index (Phi) is 16.4. The molecule has 0 unspecified atom stereocenters. The zero-order chi connectivity index (χ0) is 50.8. The van der Waals surface area contributed by atoms with E-state index in [1.807, 2.05) is 0 Å². The molecular weight excluding hydrogens is 961 g/mol. The highest BCUT2D eigenvalue weighted by Crippen LogP contribution is 2.56. The van der Waals surface area contributed by atoms with Crippen LogP contribution in [0.4, 0.5) is 0 Å². The first-order chi connectivity index (χ1) is 32.8. The molecule has 16 heteroatoms. The summed E-state index contributed by atoms with van der Waals surface area (Å²) in [5.41, 5.74) is 2.74. The summed E-state index contributed by atoms with van der Waals surface area (Å²) in [5.74, 6) is 0.639. The van der Waals surface area contributed by atoms with E-state index in [1.54, 1.807) is 0 Å². The van der Waals surface area contributed by atoms with Gasteiger partial charge >= 0.3 is 0 Å². The SMILES string of the molecule is CC(C)(C)c1cc2c3c(c1)Sc1cc(C(C)(C)C)cc4c1OCC(=O)NCCCNC(=O)COc1c(cc(C(C)(C)C)cc1Sc1cc(C(C)(C)C)cc(c1OCC(=O)NCCCNC(=O)CO3)S4)S2. The second-order valence-electron chi connectivity index (χ2n) is 21.9. The van der Waals surface area contributed by atoms with E-state index in [-0.39, 0.29) is 71.7 Å². The van der Waals surface area contributed by atoms with Crippen LogP contribution in [0.25, 0.3) is 0 Å². The number of ether oxygens (including phenoxy) is 4. The average molecular weight is 1030 g/mol. The standard InChI is InChI=1S/C54H68N4O8S4/c1-51(2,3)31-19-35-47-36(20-31)68-38-22-33(53(7,8)9)24-40-49(38)65-29-45(61)57-18-14-17-56-44(60)28-64-48-37(67-35)21-32(52(4,5)6)23-39(48)69-41-25-34(54(10,11)12)26-42(70-40)50(41)66-30-46(62)58-16-13-15-55-43(59)27-63-47/h19-26H,13-18,27-30H2,1-12H3,(H,55,59)(H,56,60)(H,57,61)(H,58,62). The molecule has 12 nitrogen and oxygen atoms in total. The van der Waals surface area contributed by atoms with E-state index < -0.39 is 0 Å². The molecule has 376 valence electrons. The van der Waals surface area contributed by atoms with Crippen molar-refractivity contribution in [3.63, 3.8) is 0 Å². The molecule has 0 fully saturated rings. The van der Waals surface area contributed by atoms with Gasteiger partial charge in [-0.05, 0) is 105 Å². The molecule has 4 aromatic carbocycles. The Bertz CT molecular complexity index is 2210. The van der Waals surface area contributed by atoms with Crippen LogP contribution < -0.4 is 40.2 Å².